The van der Waals surface area contributed by atoms with Gasteiger partial charge in [-0.25, -0.2) is 8.42 Å². The highest BCUT2D eigenvalue weighted by Crippen LogP contribution is 2.26. The van der Waals surface area contributed by atoms with Gasteiger partial charge in [0.25, 0.3) is 15.9 Å². The van der Waals surface area contributed by atoms with Crippen molar-refractivity contribution < 1.29 is 17.9 Å². The number of nitrogens with zero attached hydrogens (tertiary/aromatic N) is 2. The smallest absolute Gasteiger partial charge is 0.264 e. The van der Waals surface area contributed by atoms with Crippen LogP contribution in [0.1, 0.15) is 21.3 Å². The first-order valence-electron chi connectivity index (χ1n) is 10.7. The zero-order chi connectivity index (χ0) is 23.3. The van der Waals surface area contributed by atoms with Crippen molar-refractivity contribution in [3.05, 3.63) is 82.6 Å². The third-order valence-corrected chi connectivity index (χ3v) is 8.44. The van der Waals surface area contributed by atoms with Crippen LogP contribution in [0.4, 0.5) is 5.69 Å². The number of carbonyl (C=O) groups is 1. The average molecular weight is 486 g/mol. The van der Waals surface area contributed by atoms with Gasteiger partial charge in [0.2, 0.25) is 0 Å². The van der Waals surface area contributed by atoms with E-state index in [-0.39, 0.29) is 16.8 Å². The van der Waals surface area contributed by atoms with Gasteiger partial charge in [-0.3, -0.25) is 14.0 Å². The van der Waals surface area contributed by atoms with Crippen LogP contribution in [0.15, 0.2) is 77.0 Å². The summed E-state index contributed by atoms with van der Waals surface area (Å²) in [4.78, 5) is 16.5. The zero-order valence-corrected chi connectivity index (χ0v) is 20.0. The molecule has 33 heavy (non-hydrogen) atoms. The second-order valence-corrected chi connectivity index (χ2v) is 10.7. The number of hydrogen-bond donors (Lipinski definition) is 1. The lowest BCUT2D eigenvalue weighted by Gasteiger charge is -2.34. The van der Waals surface area contributed by atoms with Crippen molar-refractivity contribution in [3.63, 3.8) is 0 Å². The lowest BCUT2D eigenvalue weighted by molar-refractivity contribution is 0.0169. The third-order valence-electron chi connectivity index (χ3n) is 5.69. The minimum absolute atomic E-state index is 0.0500. The van der Waals surface area contributed by atoms with Gasteiger partial charge in [-0.2, -0.15) is 0 Å². The van der Waals surface area contributed by atoms with E-state index in [1.54, 1.807) is 47.7 Å². The fraction of sp³-hybridized carbons (Fsp3) is 0.292. The van der Waals surface area contributed by atoms with Gasteiger partial charge in [-0.15, -0.1) is 11.3 Å². The second kappa shape index (κ2) is 10.5. The molecule has 1 aromatic heterocycles. The number of carbonyl (C=O) groups excluding carboxylic acids is 1. The Hall–Kier alpha value is -2.72. The molecule has 2 heterocycles. The van der Waals surface area contributed by atoms with Crippen LogP contribution in [0, 0.1) is 0 Å². The Labute approximate surface area is 198 Å². The number of rotatable bonds is 8. The highest BCUT2D eigenvalue weighted by atomic mass is 32.2. The number of amides is 1. The molecule has 1 aliphatic rings. The van der Waals surface area contributed by atoms with Crippen molar-refractivity contribution >= 4 is 33.0 Å². The summed E-state index contributed by atoms with van der Waals surface area (Å²) in [6.45, 7) is 3.38. The number of anilines is 1. The first-order chi connectivity index (χ1) is 16.0. The molecule has 1 N–H and O–H groups in total. The summed E-state index contributed by atoms with van der Waals surface area (Å²) >= 11 is 1.66. The van der Waals surface area contributed by atoms with Gasteiger partial charge < -0.3 is 10.1 Å². The second-order valence-electron chi connectivity index (χ2n) is 7.73. The number of thiophene rings is 1. The molecule has 0 spiro atoms. The predicted octanol–water partition coefficient (Wildman–Crippen LogP) is 3.38. The SMILES string of the molecule is CN(c1ccccc1)S(=O)(=O)c1cccc(C(=O)NCC(c2cccs2)N2CCOCC2)c1. The lowest BCUT2D eigenvalue weighted by atomic mass is 10.1. The van der Waals surface area contributed by atoms with E-state index in [1.165, 1.54) is 28.4 Å². The maximum atomic E-state index is 13.1. The molecule has 1 atom stereocenters. The molecular formula is C24H27N3O4S2. The summed E-state index contributed by atoms with van der Waals surface area (Å²) in [5.74, 6) is -0.302. The number of ether oxygens (including phenoxy) is 1. The van der Waals surface area contributed by atoms with Gasteiger partial charge in [-0.05, 0) is 41.8 Å². The number of morpholine rings is 1. The Kier molecular flexibility index (Phi) is 7.44. The highest BCUT2D eigenvalue weighted by molar-refractivity contribution is 7.92. The van der Waals surface area contributed by atoms with E-state index >= 15 is 0 Å². The molecule has 0 saturated carbocycles. The zero-order valence-electron chi connectivity index (χ0n) is 18.4. The predicted molar refractivity (Wildman–Crippen MR) is 130 cm³/mol. The van der Waals surface area contributed by atoms with Crippen molar-refractivity contribution in [2.75, 3.05) is 44.2 Å². The molecule has 1 fully saturated rings. The molecular weight excluding hydrogens is 458 g/mol. The first kappa shape index (κ1) is 23.4. The Bertz CT molecular complexity index is 1160. The van der Waals surface area contributed by atoms with Gasteiger partial charge in [-0.1, -0.05) is 30.3 Å². The summed E-state index contributed by atoms with van der Waals surface area (Å²) in [7, 11) is -2.29. The van der Waals surface area contributed by atoms with Crippen molar-refractivity contribution in [1.82, 2.24) is 10.2 Å². The summed E-state index contributed by atoms with van der Waals surface area (Å²) < 4.78 is 32.9. The molecule has 2 aromatic carbocycles. The van der Waals surface area contributed by atoms with Crippen LogP contribution in [-0.2, 0) is 14.8 Å². The van der Waals surface area contributed by atoms with Gasteiger partial charge in [0.15, 0.2) is 0 Å². The van der Waals surface area contributed by atoms with Crippen LogP contribution in [0.3, 0.4) is 0 Å². The quantitative estimate of drug-likeness (QED) is 0.529. The molecule has 0 aliphatic carbocycles. The topological polar surface area (TPSA) is 79.0 Å². The molecule has 1 unspecified atom stereocenters. The molecule has 7 nitrogen and oxygen atoms in total. The molecule has 3 aromatic rings. The number of benzene rings is 2. The van der Waals surface area contributed by atoms with Crippen LogP contribution < -0.4 is 9.62 Å². The molecule has 4 rings (SSSR count). The molecule has 9 heteroatoms. The number of sulfonamides is 1. The average Bonchev–Trinajstić information content (AvgIpc) is 3.39. The number of hydrogen-bond acceptors (Lipinski definition) is 6. The fourth-order valence-electron chi connectivity index (χ4n) is 3.80. The van der Waals surface area contributed by atoms with Crippen molar-refractivity contribution in [3.8, 4) is 0 Å². The molecule has 0 radical (unpaired) electrons. The molecule has 1 aliphatic heterocycles. The van der Waals surface area contributed by atoms with E-state index < -0.39 is 10.0 Å². The van der Waals surface area contributed by atoms with Crippen LogP contribution in [0.5, 0.6) is 0 Å². The van der Waals surface area contributed by atoms with Gasteiger partial charge in [0.1, 0.15) is 0 Å². The minimum atomic E-state index is -3.80. The molecule has 0 bridgehead atoms. The maximum Gasteiger partial charge on any atom is 0.264 e. The monoisotopic (exact) mass is 485 g/mol. The van der Waals surface area contributed by atoms with E-state index in [0.29, 0.717) is 31.0 Å². The Morgan fingerprint density at radius 1 is 1.09 bits per heavy atom. The van der Waals surface area contributed by atoms with E-state index in [0.717, 1.165) is 13.1 Å². The Balaban J connectivity index is 1.49. The largest absolute Gasteiger partial charge is 0.379 e. The van der Waals surface area contributed by atoms with Crippen LogP contribution in [-0.4, -0.2) is 59.1 Å². The molecule has 1 saturated heterocycles. The van der Waals surface area contributed by atoms with E-state index in [2.05, 4.69) is 16.3 Å². The van der Waals surface area contributed by atoms with Crippen molar-refractivity contribution in [1.29, 1.82) is 0 Å². The summed E-state index contributed by atoms with van der Waals surface area (Å²) in [5.41, 5.74) is 0.862. The normalized spacial score (nSPS) is 15.7. The third kappa shape index (κ3) is 5.44. The summed E-state index contributed by atoms with van der Waals surface area (Å²) in [5, 5.41) is 5.03. The van der Waals surface area contributed by atoms with E-state index in [9.17, 15) is 13.2 Å². The van der Waals surface area contributed by atoms with Crippen LogP contribution in [0.25, 0.3) is 0 Å². The summed E-state index contributed by atoms with van der Waals surface area (Å²) in [6.07, 6.45) is 0. The lowest BCUT2D eigenvalue weighted by Crippen LogP contribution is -2.43. The summed E-state index contributed by atoms with van der Waals surface area (Å²) in [6, 6.07) is 19.1. The number of para-hydroxylation sites is 1. The Morgan fingerprint density at radius 3 is 2.55 bits per heavy atom. The van der Waals surface area contributed by atoms with Crippen molar-refractivity contribution in [2.45, 2.75) is 10.9 Å². The number of nitrogens with one attached hydrogen (secondary N) is 1. The highest BCUT2D eigenvalue weighted by Gasteiger charge is 2.25. The minimum Gasteiger partial charge on any atom is -0.379 e. The Morgan fingerprint density at radius 2 is 1.85 bits per heavy atom. The molecule has 1 amide bonds. The van der Waals surface area contributed by atoms with Gasteiger partial charge in [0, 0.05) is 37.1 Å². The molecule has 174 valence electrons. The fourth-order valence-corrected chi connectivity index (χ4v) is 5.91. The van der Waals surface area contributed by atoms with E-state index in [4.69, 9.17) is 4.74 Å². The van der Waals surface area contributed by atoms with Gasteiger partial charge >= 0.3 is 0 Å². The van der Waals surface area contributed by atoms with E-state index in [1.807, 2.05) is 17.5 Å². The first-order valence-corrected chi connectivity index (χ1v) is 13.1. The van der Waals surface area contributed by atoms with Crippen LogP contribution >= 0.6 is 11.3 Å². The standard InChI is InChI=1S/C24H27N3O4S2/c1-26(20-8-3-2-4-9-20)33(29,30)21-10-5-7-19(17-21)24(28)25-18-22(23-11-6-16-32-23)27-12-14-31-15-13-27/h2-11,16-17,22H,12-15,18H2,1H3,(H,25,28). The van der Waals surface area contributed by atoms with Crippen LogP contribution in [0.2, 0.25) is 0 Å². The maximum absolute atomic E-state index is 13.1. The van der Waals surface area contributed by atoms with Crippen molar-refractivity contribution in [2.24, 2.45) is 0 Å². The van der Waals surface area contributed by atoms with Gasteiger partial charge in [0.05, 0.1) is 29.8 Å².